The summed E-state index contributed by atoms with van der Waals surface area (Å²) in [5.74, 6) is 0.634. The molecular formula is C20H20N2O2S2. The van der Waals surface area contributed by atoms with Crippen molar-refractivity contribution in [2.24, 2.45) is 0 Å². The van der Waals surface area contributed by atoms with Crippen LogP contribution in [-0.4, -0.2) is 28.9 Å². The number of carbonyl (C=O) groups excluding carboxylic acids is 1. The van der Waals surface area contributed by atoms with Crippen molar-refractivity contribution < 1.29 is 9.53 Å². The number of amides is 1. The van der Waals surface area contributed by atoms with Crippen LogP contribution in [-0.2, 0) is 4.79 Å². The molecule has 2 aromatic carbocycles. The number of thioether (sulfide) groups is 1. The number of benzene rings is 2. The second-order valence-electron chi connectivity index (χ2n) is 6.00. The Morgan fingerprint density at radius 1 is 1.23 bits per heavy atom. The van der Waals surface area contributed by atoms with Gasteiger partial charge in [-0.2, -0.15) is 0 Å². The number of para-hydroxylation sites is 1. The quantitative estimate of drug-likeness (QED) is 0.603. The van der Waals surface area contributed by atoms with Crippen LogP contribution >= 0.6 is 24.0 Å². The summed E-state index contributed by atoms with van der Waals surface area (Å²) in [5, 5.41) is 3.32. The van der Waals surface area contributed by atoms with E-state index in [1.807, 2.05) is 44.2 Å². The van der Waals surface area contributed by atoms with Gasteiger partial charge >= 0.3 is 0 Å². The number of hydrogen-bond donors (Lipinski definition) is 1. The third-order valence-electron chi connectivity index (χ3n) is 4.12. The second-order valence-corrected chi connectivity index (χ2v) is 7.68. The van der Waals surface area contributed by atoms with Crippen LogP contribution in [0.3, 0.4) is 0 Å². The highest BCUT2D eigenvalue weighted by atomic mass is 32.2. The first kappa shape index (κ1) is 18.5. The second kappa shape index (κ2) is 7.93. The van der Waals surface area contributed by atoms with E-state index in [1.54, 1.807) is 12.0 Å². The molecule has 0 spiro atoms. The molecule has 26 heavy (non-hydrogen) atoms. The number of carbonyl (C=O) groups is 1. The van der Waals surface area contributed by atoms with Crippen molar-refractivity contribution in [3.8, 4) is 5.75 Å². The van der Waals surface area contributed by atoms with Gasteiger partial charge in [-0.25, -0.2) is 0 Å². The van der Waals surface area contributed by atoms with Crippen LogP contribution in [0.15, 0.2) is 47.4 Å². The van der Waals surface area contributed by atoms with Gasteiger partial charge in [0, 0.05) is 11.3 Å². The Balaban J connectivity index is 1.77. The Kier molecular flexibility index (Phi) is 5.64. The molecule has 1 saturated heterocycles. The molecule has 2 aromatic rings. The summed E-state index contributed by atoms with van der Waals surface area (Å²) in [6, 6.07) is 13.8. The number of anilines is 1. The van der Waals surface area contributed by atoms with Gasteiger partial charge in [0.15, 0.2) is 0 Å². The predicted octanol–water partition coefficient (Wildman–Crippen LogP) is 4.58. The van der Waals surface area contributed by atoms with Gasteiger partial charge in [0.1, 0.15) is 10.1 Å². The van der Waals surface area contributed by atoms with Crippen LogP contribution in [0.25, 0.3) is 6.08 Å². The van der Waals surface area contributed by atoms with Gasteiger partial charge in [0.25, 0.3) is 5.91 Å². The van der Waals surface area contributed by atoms with E-state index in [-0.39, 0.29) is 5.91 Å². The monoisotopic (exact) mass is 384 g/mol. The highest BCUT2D eigenvalue weighted by Crippen LogP contribution is 2.34. The van der Waals surface area contributed by atoms with Crippen molar-refractivity contribution in [3.05, 3.63) is 64.1 Å². The standard InChI is InChI=1S/C20H20N2O2S2/c1-13-8-9-14(2)16(10-13)21-12-22-19(23)18(26-20(22)25)11-15-6-4-5-7-17(15)24-3/h4-11,21H,12H2,1-3H3/b18-11-. The van der Waals surface area contributed by atoms with Crippen LogP contribution in [0.1, 0.15) is 16.7 Å². The number of hydrogen-bond acceptors (Lipinski definition) is 5. The third-order valence-corrected chi connectivity index (χ3v) is 5.50. The third kappa shape index (κ3) is 3.92. The van der Waals surface area contributed by atoms with Crippen molar-refractivity contribution >= 4 is 46.0 Å². The minimum Gasteiger partial charge on any atom is -0.496 e. The molecule has 6 heteroatoms. The maximum Gasteiger partial charge on any atom is 0.267 e. The van der Waals surface area contributed by atoms with Gasteiger partial charge in [0.05, 0.1) is 18.7 Å². The average Bonchev–Trinajstić information content (AvgIpc) is 2.89. The average molecular weight is 385 g/mol. The van der Waals surface area contributed by atoms with Gasteiger partial charge in [-0.05, 0) is 43.2 Å². The van der Waals surface area contributed by atoms with E-state index in [0.717, 1.165) is 22.6 Å². The molecule has 0 aliphatic carbocycles. The van der Waals surface area contributed by atoms with Gasteiger partial charge in [0.2, 0.25) is 0 Å². The smallest absolute Gasteiger partial charge is 0.267 e. The molecule has 0 atom stereocenters. The summed E-state index contributed by atoms with van der Waals surface area (Å²) < 4.78 is 5.90. The Morgan fingerprint density at radius 2 is 2.00 bits per heavy atom. The number of methoxy groups -OCH3 is 1. The van der Waals surface area contributed by atoms with E-state index in [2.05, 4.69) is 23.5 Å². The molecule has 0 saturated carbocycles. The van der Waals surface area contributed by atoms with Gasteiger partial charge in [-0.1, -0.05) is 54.3 Å². The summed E-state index contributed by atoms with van der Waals surface area (Å²) in [6.45, 7) is 4.42. The van der Waals surface area contributed by atoms with Crippen molar-refractivity contribution in [2.45, 2.75) is 13.8 Å². The largest absolute Gasteiger partial charge is 0.496 e. The normalized spacial score (nSPS) is 15.7. The van der Waals surface area contributed by atoms with E-state index < -0.39 is 0 Å². The van der Waals surface area contributed by atoms with Gasteiger partial charge in [-0.3, -0.25) is 9.69 Å². The molecule has 1 amide bonds. The maximum absolute atomic E-state index is 12.8. The highest BCUT2D eigenvalue weighted by molar-refractivity contribution is 8.26. The zero-order valence-electron chi connectivity index (χ0n) is 14.9. The zero-order valence-corrected chi connectivity index (χ0v) is 16.5. The van der Waals surface area contributed by atoms with Crippen LogP contribution in [0.2, 0.25) is 0 Å². The number of nitrogens with zero attached hydrogens (tertiary/aromatic N) is 1. The number of thiocarbonyl (C=S) groups is 1. The Bertz CT molecular complexity index is 893. The Labute approximate surface area is 163 Å². The summed E-state index contributed by atoms with van der Waals surface area (Å²) in [7, 11) is 1.62. The Hall–Kier alpha value is -2.31. The lowest BCUT2D eigenvalue weighted by molar-refractivity contribution is -0.121. The molecule has 1 fully saturated rings. The fourth-order valence-corrected chi connectivity index (χ4v) is 3.90. The predicted molar refractivity (Wildman–Crippen MR) is 112 cm³/mol. The fraction of sp³-hybridized carbons (Fsp3) is 0.200. The molecule has 3 rings (SSSR count). The topological polar surface area (TPSA) is 41.6 Å². The van der Waals surface area contributed by atoms with Crippen molar-refractivity contribution in [1.29, 1.82) is 0 Å². The minimum atomic E-state index is -0.0938. The molecule has 1 heterocycles. The molecule has 4 nitrogen and oxygen atoms in total. The first-order valence-corrected chi connectivity index (χ1v) is 9.41. The summed E-state index contributed by atoms with van der Waals surface area (Å²) in [5.41, 5.74) is 4.16. The van der Waals surface area contributed by atoms with Crippen LogP contribution < -0.4 is 10.1 Å². The molecule has 1 N–H and O–H groups in total. The first-order valence-electron chi connectivity index (χ1n) is 8.19. The number of nitrogens with one attached hydrogen (secondary N) is 1. The Morgan fingerprint density at radius 3 is 2.77 bits per heavy atom. The molecule has 134 valence electrons. The van der Waals surface area contributed by atoms with Crippen LogP contribution in [0, 0.1) is 13.8 Å². The van der Waals surface area contributed by atoms with E-state index in [9.17, 15) is 4.79 Å². The maximum atomic E-state index is 12.8. The van der Waals surface area contributed by atoms with Gasteiger partial charge < -0.3 is 10.1 Å². The SMILES string of the molecule is COc1ccccc1/C=C1\SC(=S)N(CNc2cc(C)ccc2C)C1=O. The van der Waals surface area contributed by atoms with E-state index >= 15 is 0 Å². The van der Waals surface area contributed by atoms with Crippen LogP contribution in [0.4, 0.5) is 5.69 Å². The summed E-state index contributed by atoms with van der Waals surface area (Å²) >= 11 is 6.71. The lowest BCUT2D eigenvalue weighted by Gasteiger charge is -2.17. The number of ether oxygens (including phenoxy) is 1. The lowest BCUT2D eigenvalue weighted by atomic mass is 10.1. The van der Waals surface area contributed by atoms with Crippen molar-refractivity contribution in [1.82, 2.24) is 4.90 Å². The number of rotatable bonds is 5. The molecule has 0 unspecified atom stereocenters. The van der Waals surface area contributed by atoms with E-state index in [1.165, 1.54) is 17.3 Å². The molecule has 1 aliphatic rings. The molecule has 1 aliphatic heterocycles. The van der Waals surface area contributed by atoms with Crippen molar-refractivity contribution in [2.75, 3.05) is 19.1 Å². The molecule has 0 aromatic heterocycles. The lowest BCUT2D eigenvalue weighted by Crippen LogP contribution is -2.33. The van der Waals surface area contributed by atoms with Crippen molar-refractivity contribution in [3.63, 3.8) is 0 Å². The molecule has 0 radical (unpaired) electrons. The number of aryl methyl sites for hydroxylation is 2. The van der Waals surface area contributed by atoms with Gasteiger partial charge in [-0.15, -0.1) is 0 Å². The first-order chi connectivity index (χ1) is 12.5. The fourth-order valence-electron chi connectivity index (χ4n) is 2.65. The molecular weight excluding hydrogens is 364 g/mol. The molecule has 0 bridgehead atoms. The van der Waals surface area contributed by atoms with Crippen LogP contribution in [0.5, 0.6) is 5.75 Å². The minimum absolute atomic E-state index is 0.0938. The van der Waals surface area contributed by atoms with E-state index in [4.69, 9.17) is 17.0 Å². The zero-order chi connectivity index (χ0) is 18.7. The highest BCUT2D eigenvalue weighted by Gasteiger charge is 2.32. The van der Waals surface area contributed by atoms with E-state index in [0.29, 0.717) is 15.9 Å². The summed E-state index contributed by atoms with van der Waals surface area (Å²) in [4.78, 5) is 14.9. The summed E-state index contributed by atoms with van der Waals surface area (Å²) in [6.07, 6.45) is 1.83.